The van der Waals surface area contributed by atoms with Crippen molar-refractivity contribution in [2.75, 3.05) is 0 Å². The van der Waals surface area contributed by atoms with Gasteiger partial charge in [0.25, 0.3) is 0 Å². The van der Waals surface area contributed by atoms with E-state index in [2.05, 4.69) is 6.08 Å². The third kappa shape index (κ3) is 1.91. The summed E-state index contributed by atoms with van der Waals surface area (Å²) in [5.41, 5.74) is 0.204. The van der Waals surface area contributed by atoms with Crippen LogP contribution in [0.1, 0.15) is 59.3 Å². The van der Waals surface area contributed by atoms with Gasteiger partial charge in [0.15, 0.2) is 11.6 Å². The highest BCUT2D eigenvalue weighted by atomic mass is 16.2. The molecule has 104 valence electrons. The molecule has 2 saturated carbocycles. The summed E-state index contributed by atoms with van der Waals surface area (Å²) in [6.07, 6.45) is 8.19. The average Bonchev–Trinajstić information content (AvgIpc) is 2.84. The first-order valence-electron chi connectivity index (χ1n) is 7.61. The largest absolute Gasteiger partial charge is 0.298 e. The highest BCUT2D eigenvalue weighted by Gasteiger charge is 2.52. The van der Waals surface area contributed by atoms with Crippen LogP contribution in [-0.2, 0) is 9.59 Å². The molecule has 3 aliphatic carbocycles. The second-order valence-corrected chi connectivity index (χ2v) is 7.74. The van der Waals surface area contributed by atoms with Gasteiger partial charge in [0.2, 0.25) is 0 Å². The van der Waals surface area contributed by atoms with Gasteiger partial charge in [-0.2, -0.15) is 0 Å². The fourth-order valence-corrected chi connectivity index (χ4v) is 4.32. The van der Waals surface area contributed by atoms with Crippen molar-refractivity contribution >= 4 is 11.6 Å². The van der Waals surface area contributed by atoms with E-state index in [9.17, 15) is 9.59 Å². The lowest BCUT2D eigenvalue weighted by Gasteiger charge is -2.39. The smallest absolute Gasteiger partial charge is 0.150 e. The predicted octanol–water partition coefficient (Wildman–Crippen LogP) is 3.70. The van der Waals surface area contributed by atoms with E-state index in [-0.39, 0.29) is 17.0 Å². The number of allylic oxidation sites excluding steroid dienone is 2. The van der Waals surface area contributed by atoms with Crippen molar-refractivity contribution in [3.8, 4) is 0 Å². The normalized spacial score (nSPS) is 36.3. The number of hydrogen-bond acceptors (Lipinski definition) is 2. The van der Waals surface area contributed by atoms with Gasteiger partial charge >= 0.3 is 0 Å². The lowest BCUT2D eigenvalue weighted by molar-refractivity contribution is -0.144. The lowest BCUT2D eigenvalue weighted by Crippen LogP contribution is -2.46. The van der Waals surface area contributed by atoms with Gasteiger partial charge < -0.3 is 0 Å². The Balaban J connectivity index is 1.91. The van der Waals surface area contributed by atoms with Gasteiger partial charge in [-0.05, 0) is 43.4 Å². The summed E-state index contributed by atoms with van der Waals surface area (Å²) in [5, 5.41) is 0. The molecule has 0 spiro atoms. The van der Waals surface area contributed by atoms with Crippen LogP contribution in [0.4, 0.5) is 0 Å². The Bertz CT molecular complexity index is 450. The minimum atomic E-state index is -0.792. The molecule has 0 unspecified atom stereocenters. The molecule has 19 heavy (non-hydrogen) atoms. The van der Waals surface area contributed by atoms with Crippen molar-refractivity contribution < 1.29 is 9.59 Å². The fourth-order valence-electron chi connectivity index (χ4n) is 4.32. The molecule has 0 aromatic carbocycles. The molecule has 0 aromatic rings. The zero-order chi connectivity index (χ0) is 13.8. The lowest BCUT2D eigenvalue weighted by atomic mass is 9.61. The van der Waals surface area contributed by atoms with Gasteiger partial charge in [-0.3, -0.25) is 9.59 Å². The van der Waals surface area contributed by atoms with Crippen LogP contribution in [0.2, 0.25) is 0 Å². The second kappa shape index (κ2) is 4.04. The van der Waals surface area contributed by atoms with Gasteiger partial charge in [-0.15, -0.1) is 0 Å². The average molecular weight is 260 g/mol. The topological polar surface area (TPSA) is 34.1 Å². The number of fused-ring (bicyclic) bond motifs is 1. The molecule has 0 N–H and O–H groups in total. The summed E-state index contributed by atoms with van der Waals surface area (Å²) in [6, 6.07) is 0. The van der Waals surface area contributed by atoms with E-state index < -0.39 is 5.41 Å². The van der Waals surface area contributed by atoms with Gasteiger partial charge in [-0.1, -0.05) is 31.9 Å². The van der Waals surface area contributed by atoms with Gasteiger partial charge in [0.05, 0.1) is 0 Å². The Hall–Kier alpha value is -0.920. The monoisotopic (exact) mass is 260 g/mol. The number of hydrogen-bond donors (Lipinski definition) is 0. The van der Waals surface area contributed by atoms with Crippen LogP contribution >= 0.6 is 0 Å². The van der Waals surface area contributed by atoms with Crippen molar-refractivity contribution in [3.05, 3.63) is 11.6 Å². The van der Waals surface area contributed by atoms with Gasteiger partial charge in [0, 0.05) is 12.8 Å². The molecule has 0 heterocycles. The van der Waals surface area contributed by atoms with Gasteiger partial charge in [-0.25, -0.2) is 0 Å². The zero-order valence-corrected chi connectivity index (χ0v) is 12.3. The molecule has 0 amide bonds. The Morgan fingerprint density at radius 3 is 2.26 bits per heavy atom. The van der Waals surface area contributed by atoms with Crippen molar-refractivity contribution in [1.82, 2.24) is 0 Å². The number of carbonyl (C=O) groups excluding carboxylic acids is 2. The van der Waals surface area contributed by atoms with Crippen LogP contribution in [0.3, 0.4) is 0 Å². The second-order valence-electron chi connectivity index (χ2n) is 7.74. The molecule has 0 aliphatic heterocycles. The van der Waals surface area contributed by atoms with Crippen LogP contribution in [0, 0.1) is 22.7 Å². The molecule has 3 rings (SSSR count). The molecule has 2 fully saturated rings. The summed E-state index contributed by atoms with van der Waals surface area (Å²) in [7, 11) is 0. The molecular formula is C17H24O2. The maximum absolute atomic E-state index is 12.6. The van der Waals surface area contributed by atoms with Crippen LogP contribution in [0.5, 0.6) is 0 Å². The molecule has 0 saturated heterocycles. The summed E-state index contributed by atoms with van der Waals surface area (Å²) in [5.74, 6) is 1.66. The number of ketones is 2. The summed E-state index contributed by atoms with van der Waals surface area (Å²) >= 11 is 0. The SMILES string of the molecule is CC1(C)CC(=O)C(C)(C2=C[C@H]3CCC[C@H]3C2)C(=O)C1. The van der Waals surface area contributed by atoms with E-state index in [0.29, 0.717) is 24.7 Å². The predicted molar refractivity (Wildman–Crippen MR) is 74.7 cm³/mol. The highest BCUT2D eigenvalue weighted by molar-refractivity contribution is 6.12. The number of rotatable bonds is 1. The third-order valence-electron chi connectivity index (χ3n) is 5.65. The molecule has 2 heteroatoms. The minimum absolute atomic E-state index is 0.150. The van der Waals surface area contributed by atoms with Crippen molar-refractivity contribution in [1.29, 1.82) is 0 Å². The fraction of sp³-hybridized carbons (Fsp3) is 0.765. The minimum Gasteiger partial charge on any atom is -0.298 e. The van der Waals surface area contributed by atoms with Crippen LogP contribution in [0.25, 0.3) is 0 Å². The molecular weight excluding hydrogens is 236 g/mol. The third-order valence-corrected chi connectivity index (χ3v) is 5.65. The standard InChI is InChI=1S/C17H24O2/c1-16(2)9-14(18)17(3,15(19)10-16)13-7-11-5-4-6-12(11)8-13/h7,11-12H,4-6,8-10H2,1-3H3/t11-,12+/m1/s1. The summed E-state index contributed by atoms with van der Waals surface area (Å²) in [4.78, 5) is 25.2. The van der Waals surface area contributed by atoms with E-state index >= 15 is 0 Å². The first-order chi connectivity index (χ1) is 8.83. The van der Waals surface area contributed by atoms with E-state index in [1.54, 1.807) is 0 Å². The number of carbonyl (C=O) groups is 2. The van der Waals surface area contributed by atoms with E-state index in [0.717, 1.165) is 12.0 Å². The molecule has 0 bridgehead atoms. The van der Waals surface area contributed by atoms with E-state index in [4.69, 9.17) is 0 Å². The Morgan fingerprint density at radius 1 is 1.05 bits per heavy atom. The van der Waals surface area contributed by atoms with E-state index in [1.807, 2.05) is 20.8 Å². The van der Waals surface area contributed by atoms with Crippen molar-refractivity contribution in [3.63, 3.8) is 0 Å². The van der Waals surface area contributed by atoms with Crippen LogP contribution < -0.4 is 0 Å². The molecule has 2 nitrogen and oxygen atoms in total. The first-order valence-corrected chi connectivity index (χ1v) is 7.61. The highest BCUT2D eigenvalue weighted by Crippen LogP contribution is 2.52. The summed E-state index contributed by atoms with van der Waals surface area (Å²) < 4.78 is 0. The maximum atomic E-state index is 12.6. The first kappa shape index (κ1) is 13.1. The van der Waals surface area contributed by atoms with Crippen LogP contribution in [0.15, 0.2) is 11.6 Å². The van der Waals surface area contributed by atoms with Gasteiger partial charge in [0.1, 0.15) is 5.41 Å². The summed E-state index contributed by atoms with van der Waals surface area (Å²) in [6.45, 7) is 5.94. The molecule has 3 aliphatic rings. The van der Waals surface area contributed by atoms with Crippen LogP contribution in [-0.4, -0.2) is 11.6 Å². The molecule has 0 radical (unpaired) electrons. The van der Waals surface area contributed by atoms with Crippen molar-refractivity contribution in [2.24, 2.45) is 22.7 Å². The Kier molecular flexibility index (Phi) is 2.78. The Labute approximate surface area is 115 Å². The number of Topliss-reactive ketones (excluding diaryl/α,β-unsaturated/α-hetero) is 2. The zero-order valence-electron chi connectivity index (χ0n) is 12.3. The van der Waals surface area contributed by atoms with E-state index in [1.165, 1.54) is 19.3 Å². The van der Waals surface area contributed by atoms with Crippen molar-refractivity contribution in [2.45, 2.75) is 59.3 Å². The Morgan fingerprint density at radius 2 is 1.68 bits per heavy atom. The molecule has 0 aromatic heterocycles. The quantitative estimate of drug-likeness (QED) is 0.532. The molecule has 2 atom stereocenters. The maximum Gasteiger partial charge on any atom is 0.150 e.